The zero-order valence-electron chi connectivity index (χ0n) is 15.0. The van der Waals surface area contributed by atoms with E-state index in [4.69, 9.17) is 0 Å². The number of allylic oxidation sites excluding steroid dienone is 2. The molecule has 1 aromatic carbocycles. The van der Waals surface area contributed by atoms with E-state index in [0.29, 0.717) is 12.1 Å². The topological polar surface area (TPSA) is 66.7 Å². The zero-order valence-corrected chi connectivity index (χ0v) is 15.8. The molecule has 1 saturated heterocycles. The third-order valence-electron chi connectivity index (χ3n) is 4.54. The van der Waals surface area contributed by atoms with Crippen molar-refractivity contribution in [3.63, 3.8) is 0 Å². The summed E-state index contributed by atoms with van der Waals surface area (Å²) in [5.74, 6) is -0.0420. The number of amides is 1. The lowest BCUT2D eigenvalue weighted by atomic mass is 10.1. The van der Waals surface area contributed by atoms with Crippen LogP contribution in [0.2, 0.25) is 0 Å². The molecular formula is C20H21N3O3S. The second kappa shape index (κ2) is 8.64. The summed E-state index contributed by atoms with van der Waals surface area (Å²) in [5.41, 5.74) is 1.77. The van der Waals surface area contributed by atoms with Crippen LogP contribution in [0.3, 0.4) is 0 Å². The number of carbonyl (C=O) groups is 1. The van der Waals surface area contributed by atoms with E-state index in [1.165, 1.54) is 17.8 Å². The standard InChI is InChI=1S/C20H21N3O3S/c1-16-14-21(18-10-13-27-15-18)11-12-22(16)20(24)9-5-3-7-17-6-2-4-8-19(17)23(25)26/h2-10,13,15-16H,11-12,14H2,1H3. The largest absolute Gasteiger partial charge is 0.367 e. The van der Waals surface area contributed by atoms with Gasteiger partial charge in [0.1, 0.15) is 0 Å². The van der Waals surface area contributed by atoms with Gasteiger partial charge in [-0.2, -0.15) is 11.3 Å². The lowest BCUT2D eigenvalue weighted by Gasteiger charge is -2.40. The quantitative estimate of drug-likeness (QED) is 0.339. The average Bonchev–Trinajstić information content (AvgIpc) is 3.20. The minimum atomic E-state index is -0.414. The first-order valence-corrected chi connectivity index (χ1v) is 9.66. The predicted molar refractivity (Wildman–Crippen MR) is 109 cm³/mol. The molecule has 0 radical (unpaired) electrons. The summed E-state index contributed by atoms with van der Waals surface area (Å²) in [4.78, 5) is 27.2. The summed E-state index contributed by atoms with van der Waals surface area (Å²) in [6.07, 6.45) is 6.45. The molecule has 1 atom stereocenters. The molecule has 6 nitrogen and oxygen atoms in total. The Bertz CT molecular complexity index is 861. The van der Waals surface area contributed by atoms with E-state index in [-0.39, 0.29) is 17.6 Å². The maximum absolute atomic E-state index is 12.5. The molecule has 0 spiro atoms. The van der Waals surface area contributed by atoms with Crippen molar-refractivity contribution in [1.29, 1.82) is 0 Å². The highest BCUT2D eigenvalue weighted by atomic mass is 32.1. The molecule has 27 heavy (non-hydrogen) atoms. The number of carbonyl (C=O) groups excluding carboxylic acids is 1. The number of para-hydroxylation sites is 1. The van der Waals surface area contributed by atoms with Crippen LogP contribution in [0.1, 0.15) is 12.5 Å². The molecule has 140 valence electrons. The average molecular weight is 383 g/mol. The van der Waals surface area contributed by atoms with Crippen molar-refractivity contribution in [3.05, 3.63) is 75.0 Å². The first kappa shape index (κ1) is 18.8. The number of rotatable bonds is 5. The molecule has 2 aromatic rings. The number of hydrogen-bond donors (Lipinski definition) is 0. The van der Waals surface area contributed by atoms with E-state index in [9.17, 15) is 14.9 Å². The fraction of sp³-hybridized carbons (Fsp3) is 0.250. The Morgan fingerprint density at radius 1 is 1.26 bits per heavy atom. The monoisotopic (exact) mass is 383 g/mol. The third-order valence-corrected chi connectivity index (χ3v) is 5.21. The van der Waals surface area contributed by atoms with Crippen LogP contribution in [0.5, 0.6) is 0 Å². The first-order valence-electron chi connectivity index (χ1n) is 8.72. The van der Waals surface area contributed by atoms with Crippen LogP contribution in [0.25, 0.3) is 6.08 Å². The van der Waals surface area contributed by atoms with Gasteiger partial charge in [-0.15, -0.1) is 0 Å². The molecule has 1 unspecified atom stereocenters. The number of benzene rings is 1. The molecule has 2 heterocycles. The fourth-order valence-corrected chi connectivity index (χ4v) is 3.81. The lowest BCUT2D eigenvalue weighted by Crippen LogP contribution is -2.53. The fourth-order valence-electron chi connectivity index (χ4n) is 3.14. The van der Waals surface area contributed by atoms with Crippen LogP contribution in [0, 0.1) is 10.1 Å². The second-order valence-corrected chi connectivity index (χ2v) is 7.12. The normalized spacial score (nSPS) is 17.7. The maximum Gasteiger partial charge on any atom is 0.276 e. The molecule has 1 fully saturated rings. The lowest BCUT2D eigenvalue weighted by molar-refractivity contribution is -0.385. The minimum Gasteiger partial charge on any atom is -0.367 e. The molecule has 1 aliphatic rings. The SMILES string of the molecule is CC1CN(c2ccsc2)CCN1C(=O)C=CC=Cc1ccccc1[N+](=O)[O-]. The molecular weight excluding hydrogens is 362 g/mol. The van der Waals surface area contributed by atoms with Crippen molar-refractivity contribution in [2.75, 3.05) is 24.5 Å². The number of anilines is 1. The van der Waals surface area contributed by atoms with E-state index in [1.807, 2.05) is 11.8 Å². The Morgan fingerprint density at radius 3 is 2.78 bits per heavy atom. The number of hydrogen-bond acceptors (Lipinski definition) is 5. The number of nitro groups is 1. The predicted octanol–water partition coefficient (Wildman–Crippen LogP) is 3.96. The third kappa shape index (κ3) is 4.62. The Balaban J connectivity index is 1.58. The van der Waals surface area contributed by atoms with Crippen molar-refractivity contribution in [2.45, 2.75) is 13.0 Å². The Kier molecular flexibility index (Phi) is 6.03. The Morgan fingerprint density at radius 2 is 2.07 bits per heavy atom. The van der Waals surface area contributed by atoms with Gasteiger partial charge in [0.25, 0.3) is 5.69 Å². The van der Waals surface area contributed by atoms with Crippen LogP contribution in [-0.4, -0.2) is 41.4 Å². The van der Waals surface area contributed by atoms with Gasteiger partial charge in [-0.25, -0.2) is 0 Å². The zero-order chi connectivity index (χ0) is 19.2. The highest BCUT2D eigenvalue weighted by Crippen LogP contribution is 2.22. The highest BCUT2D eigenvalue weighted by molar-refractivity contribution is 7.08. The van der Waals surface area contributed by atoms with Gasteiger partial charge in [0.05, 0.1) is 10.5 Å². The summed E-state index contributed by atoms with van der Waals surface area (Å²) < 4.78 is 0. The van der Waals surface area contributed by atoms with Crippen LogP contribution < -0.4 is 4.90 Å². The summed E-state index contributed by atoms with van der Waals surface area (Å²) in [6.45, 7) is 4.34. The molecule has 0 N–H and O–H groups in total. The van der Waals surface area contributed by atoms with Crippen LogP contribution in [0.4, 0.5) is 11.4 Å². The van der Waals surface area contributed by atoms with Gasteiger partial charge in [0.15, 0.2) is 0 Å². The molecule has 3 rings (SSSR count). The smallest absolute Gasteiger partial charge is 0.276 e. The van der Waals surface area contributed by atoms with Gasteiger partial charge in [0, 0.05) is 48.9 Å². The van der Waals surface area contributed by atoms with Gasteiger partial charge in [-0.3, -0.25) is 14.9 Å². The number of nitro benzene ring substituents is 1. The van der Waals surface area contributed by atoms with Crippen LogP contribution in [0.15, 0.2) is 59.3 Å². The van der Waals surface area contributed by atoms with Gasteiger partial charge in [-0.05, 0) is 30.5 Å². The van der Waals surface area contributed by atoms with E-state index in [2.05, 4.69) is 21.7 Å². The molecule has 1 aromatic heterocycles. The summed E-state index contributed by atoms with van der Waals surface area (Å²) in [5, 5.41) is 15.2. The van der Waals surface area contributed by atoms with Gasteiger partial charge in [-0.1, -0.05) is 24.3 Å². The molecule has 1 amide bonds. The minimum absolute atomic E-state index is 0.0420. The van der Waals surface area contributed by atoms with Gasteiger partial charge >= 0.3 is 0 Å². The van der Waals surface area contributed by atoms with Gasteiger partial charge < -0.3 is 9.80 Å². The van der Waals surface area contributed by atoms with Crippen molar-refractivity contribution in [2.24, 2.45) is 0 Å². The van der Waals surface area contributed by atoms with Crippen molar-refractivity contribution >= 4 is 34.7 Å². The molecule has 0 saturated carbocycles. The molecule has 1 aliphatic heterocycles. The van der Waals surface area contributed by atoms with Crippen molar-refractivity contribution < 1.29 is 9.72 Å². The molecule has 7 heteroatoms. The number of thiophene rings is 1. The number of piperazine rings is 1. The van der Waals surface area contributed by atoms with Crippen molar-refractivity contribution in [3.8, 4) is 0 Å². The second-order valence-electron chi connectivity index (χ2n) is 6.34. The van der Waals surface area contributed by atoms with E-state index >= 15 is 0 Å². The van der Waals surface area contributed by atoms with E-state index in [0.717, 1.165) is 13.1 Å². The maximum atomic E-state index is 12.5. The summed E-state index contributed by atoms with van der Waals surface area (Å²) in [6, 6.07) is 8.74. The number of nitrogens with zero attached hydrogens (tertiary/aromatic N) is 3. The summed E-state index contributed by atoms with van der Waals surface area (Å²) in [7, 11) is 0. The van der Waals surface area contributed by atoms with E-state index < -0.39 is 4.92 Å². The van der Waals surface area contributed by atoms with Gasteiger partial charge in [0.2, 0.25) is 5.91 Å². The molecule has 0 bridgehead atoms. The first-order chi connectivity index (χ1) is 13.1. The highest BCUT2D eigenvalue weighted by Gasteiger charge is 2.26. The Labute approximate surface area is 162 Å². The summed E-state index contributed by atoms with van der Waals surface area (Å²) >= 11 is 1.67. The van der Waals surface area contributed by atoms with E-state index in [1.54, 1.807) is 47.8 Å². The van der Waals surface area contributed by atoms with Crippen molar-refractivity contribution in [1.82, 2.24) is 4.90 Å². The van der Waals surface area contributed by atoms with Crippen LogP contribution in [-0.2, 0) is 4.79 Å². The van der Waals surface area contributed by atoms with Crippen LogP contribution >= 0.6 is 11.3 Å². The Hall–Kier alpha value is -2.93. The molecule has 0 aliphatic carbocycles.